The Morgan fingerprint density at radius 2 is 1.80 bits per heavy atom. The zero-order valence-corrected chi connectivity index (χ0v) is 24.6. The molecule has 6 heterocycles. The van der Waals surface area contributed by atoms with Crippen LogP contribution >= 0.6 is 0 Å². The van der Waals surface area contributed by atoms with E-state index in [1.165, 1.54) is 12.1 Å². The first-order valence-corrected chi connectivity index (χ1v) is 14.7. The lowest BCUT2D eigenvalue weighted by molar-refractivity contribution is 0.162. The summed E-state index contributed by atoms with van der Waals surface area (Å²) in [5.41, 5.74) is 6.16. The van der Waals surface area contributed by atoms with E-state index in [1.807, 2.05) is 49.3 Å². The number of H-pyrrole nitrogens is 2. The highest BCUT2D eigenvalue weighted by atomic mass is 19.1. The van der Waals surface area contributed by atoms with Gasteiger partial charge in [0.05, 0.1) is 29.3 Å². The molecule has 0 unspecified atom stereocenters. The van der Waals surface area contributed by atoms with Crippen molar-refractivity contribution in [2.45, 2.75) is 18.9 Å². The van der Waals surface area contributed by atoms with Gasteiger partial charge in [-0.15, -0.1) is 0 Å². The van der Waals surface area contributed by atoms with Crippen LogP contribution in [0.25, 0.3) is 55.7 Å². The van der Waals surface area contributed by atoms with Crippen LogP contribution in [0.1, 0.15) is 12.8 Å². The quantitative estimate of drug-likeness (QED) is 0.203. The summed E-state index contributed by atoms with van der Waals surface area (Å²) in [5.74, 6) is 0.864. The number of nitrogens with zero attached hydrogens (tertiary/aromatic N) is 5. The topological polar surface area (TPSA) is 117 Å². The smallest absolute Gasteiger partial charge is 0.138 e. The molecule has 0 aliphatic carbocycles. The van der Waals surface area contributed by atoms with Crippen LogP contribution in [0, 0.1) is 5.82 Å². The van der Waals surface area contributed by atoms with E-state index in [9.17, 15) is 4.39 Å². The fourth-order valence-electron chi connectivity index (χ4n) is 5.56. The van der Waals surface area contributed by atoms with Gasteiger partial charge in [0.1, 0.15) is 41.4 Å². The van der Waals surface area contributed by atoms with Gasteiger partial charge in [0, 0.05) is 41.3 Å². The Labute approximate surface area is 253 Å². The minimum atomic E-state index is -0.360. The molecule has 0 amide bonds. The summed E-state index contributed by atoms with van der Waals surface area (Å²) in [7, 11) is 3.94. The number of hydrogen-bond acceptors (Lipinski definition) is 8. The number of rotatable bonds is 9. The van der Waals surface area contributed by atoms with Crippen molar-refractivity contribution in [3.63, 3.8) is 0 Å². The Balaban J connectivity index is 1.21. The van der Waals surface area contributed by atoms with Crippen LogP contribution in [0.5, 0.6) is 11.5 Å². The van der Waals surface area contributed by atoms with Gasteiger partial charge in [-0.2, -0.15) is 5.10 Å². The molecule has 1 aliphatic heterocycles. The van der Waals surface area contributed by atoms with E-state index in [0.29, 0.717) is 23.6 Å². The van der Waals surface area contributed by atoms with E-state index >= 15 is 0 Å². The number of halogens is 1. The Morgan fingerprint density at radius 1 is 0.932 bits per heavy atom. The van der Waals surface area contributed by atoms with Crippen LogP contribution in [0.2, 0.25) is 0 Å². The molecular formula is C33H33FN8O2. The summed E-state index contributed by atoms with van der Waals surface area (Å²) in [6.07, 6.45) is 9.15. The zero-order valence-electron chi connectivity index (χ0n) is 24.6. The average molecular weight is 593 g/mol. The molecular weight excluding hydrogens is 559 g/mol. The Hall–Kier alpha value is -4.87. The molecule has 1 aromatic carbocycles. The normalized spacial score (nSPS) is 14.1. The van der Waals surface area contributed by atoms with Gasteiger partial charge in [-0.3, -0.25) is 15.1 Å². The molecule has 224 valence electrons. The summed E-state index contributed by atoms with van der Waals surface area (Å²) in [6.45, 7) is 3.11. The SMILES string of the molecule is CN(C)CCOc1cc(F)cc(-c2ccnc3[nH]c(-c4n[nH]c5cnc(-c6cncc(OC7CCNCC7)c6)cc45)cc23)c1. The third-order valence-electron chi connectivity index (χ3n) is 7.82. The van der Waals surface area contributed by atoms with Crippen molar-refractivity contribution in [2.75, 3.05) is 40.3 Å². The number of piperidine rings is 1. The molecule has 7 rings (SSSR count). The summed E-state index contributed by atoms with van der Waals surface area (Å²) >= 11 is 0. The van der Waals surface area contributed by atoms with Crippen molar-refractivity contribution in [2.24, 2.45) is 0 Å². The zero-order chi connectivity index (χ0) is 30.0. The van der Waals surface area contributed by atoms with Crippen molar-refractivity contribution < 1.29 is 13.9 Å². The number of likely N-dealkylation sites (N-methyl/N-ethyl adjacent to an activating group) is 1. The van der Waals surface area contributed by atoms with Crippen LogP contribution in [0.3, 0.4) is 0 Å². The summed E-state index contributed by atoms with van der Waals surface area (Å²) < 4.78 is 26.7. The minimum Gasteiger partial charge on any atom is -0.492 e. The maximum atomic E-state index is 14.7. The highest BCUT2D eigenvalue weighted by Gasteiger charge is 2.18. The number of pyridine rings is 3. The number of benzene rings is 1. The Morgan fingerprint density at radius 3 is 2.66 bits per heavy atom. The maximum absolute atomic E-state index is 14.7. The third kappa shape index (κ3) is 5.84. The average Bonchev–Trinajstić information content (AvgIpc) is 3.65. The van der Waals surface area contributed by atoms with E-state index in [1.54, 1.807) is 24.8 Å². The lowest BCUT2D eigenvalue weighted by Crippen LogP contribution is -2.34. The monoisotopic (exact) mass is 592 g/mol. The Bertz CT molecular complexity index is 1930. The Kier molecular flexibility index (Phi) is 7.63. The number of ether oxygens (including phenoxy) is 2. The molecule has 44 heavy (non-hydrogen) atoms. The molecule has 1 saturated heterocycles. The molecule has 10 nitrogen and oxygen atoms in total. The molecule has 3 N–H and O–H groups in total. The predicted octanol–water partition coefficient (Wildman–Crippen LogP) is 5.44. The number of aromatic nitrogens is 6. The molecule has 0 saturated carbocycles. The number of aromatic amines is 2. The lowest BCUT2D eigenvalue weighted by atomic mass is 10.0. The van der Waals surface area contributed by atoms with Gasteiger partial charge in [-0.1, -0.05) is 0 Å². The fourth-order valence-corrected chi connectivity index (χ4v) is 5.56. The van der Waals surface area contributed by atoms with Gasteiger partial charge in [-0.05, 0) is 87.6 Å². The molecule has 0 atom stereocenters. The summed E-state index contributed by atoms with van der Waals surface area (Å²) in [4.78, 5) is 19.1. The van der Waals surface area contributed by atoms with Gasteiger partial charge >= 0.3 is 0 Å². The van der Waals surface area contributed by atoms with E-state index in [-0.39, 0.29) is 11.9 Å². The van der Waals surface area contributed by atoms with Gasteiger partial charge in [0.15, 0.2) is 0 Å². The number of hydrogen-bond donors (Lipinski definition) is 3. The van der Waals surface area contributed by atoms with Gasteiger partial charge in [-0.25, -0.2) is 9.37 Å². The predicted molar refractivity (Wildman–Crippen MR) is 168 cm³/mol. The van der Waals surface area contributed by atoms with E-state index in [0.717, 1.165) is 82.7 Å². The van der Waals surface area contributed by atoms with Crippen LogP contribution < -0.4 is 14.8 Å². The highest BCUT2D eigenvalue weighted by Crippen LogP contribution is 2.35. The number of fused-ring (bicyclic) bond motifs is 2. The number of nitrogens with one attached hydrogen (secondary N) is 3. The molecule has 11 heteroatoms. The van der Waals surface area contributed by atoms with Crippen LogP contribution in [0.15, 0.2) is 67.3 Å². The lowest BCUT2D eigenvalue weighted by Gasteiger charge is -2.23. The standard InChI is InChI=1S/C33H33FN8O2/c1-42(2)9-10-43-24-12-20(11-22(34)14-24)26-5-8-37-33-27(26)15-30(39-33)32-28-16-29(38-19-31(28)40-41-32)21-13-25(18-36-17-21)44-23-3-6-35-7-4-23/h5,8,11-19,23,35H,3-4,6-7,9-10H2,1-2H3,(H,37,39)(H,40,41). The molecule has 6 aromatic rings. The highest BCUT2D eigenvalue weighted by molar-refractivity contribution is 6.00. The summed E-state index contributed by atoms with van der Waals surface area (Å²) in [5, 5.41) is 12.8. The first-order chi connectivity index (χ1) is 21.5. The fraction of sp³-hybridized carbons (Fsp3) is 0.273. The molecule has 0 radical (unpaired) electrons. The molecule has 0 bridgehead atoms. The van der Waals surface area contributed by atoms with E-state index < -0.39 is 0 Å². The van der Waals surface area contributed by atoms with E-state index in [2.05, 4.69) is 35.5 Å². The second kappa shape index (κ2) is 12.0. The molecule has 1 fully saturated rings. The van der Waals surface area contributed by atoms with Crippen molar-refractivity contribution in [3.8, 4) is 45.3 Å². The minimum absolute atomic E-state index is 0.180. The first kappa shape index (κ1) is 27.9. The third-order valence-corrected chi connectivity index (χ3v) is 7.82. The van der Waals surface area contributed by atoms with Crippen molar-refractivity contribution in [1.29, 1.82) is 0 Å². The van der Waals surface area contributed by atoms with Gasteiger partial charge < -0.3 is 24.7 Å². The molecule has 5 aromatic heterocycles. The van der Waals surface area contributed by atoms with Crippen molar-refractivity contribution in [3.05, 3.63) is 73.1 Å². The van der Waals surface area contributed by atoms with Crippen LogP contribution in [0.4, 0.5) is 4.39 Å². The van der Waals surface area contributed by atoms with Crippen LogP contribution in [-0.4, -0.2) is 81.5 Å². The maximum Gasteiger partial charge on any atom is 0.138 e. The van der Waals surface area contributed by atoms with Gasteiger partial charge in [0.2, 0.25) is 0 Å². The first-order valence-electron chi connectivity index (χ1n) is 14.7. The van der Waals surface area contributed by atoms with Crippen LogP contribution in [-0.2, 0) is 0 Å². The second-order valence-electron chi connectivity index (χ2n) is 11.3. The second-order valence-corrected chi connectivity index (χ2v) is 11.3. The summed E-state index contributed by atoms with van der Waals surface area (Å²) in [6, 6.07) is 12.7. The van der Waals surface area contributed by atoms with E-state index in [4.69, 9.17) is 9.47 Å². The largest absolute Gasteiger partial charge is 0.492 e. The van der Waals surface area contributed by atoms with Gasteiger partial charge in [0.25, 0.3) is 0 Å². The van der Waals surface area contributed by atoms with Crippen molar-refractivity contribution in [1.82, 2.24) is 40.3 Å². The molecule has 0 spiro atoms. The van der Waals surface area contributed by atoms with Crippen molar-refractivity contribution >= 4 is 21.9 Å². The molecule has 1 aliphatic rings.